The molecule has 3 atom stereocenters. The topological polar surface area (TPSA) is 161 Å². The van der Waals surface area contributed by atoms with Crippen molar-refractivity contribution in [1.82, 2.24) is 29.7 Å². The zero-order chi connectivity index (χ0) is 34.8. The first-order valence-corrected chi connectivity index (χ1v) is 18.0. The monoisotopic (exact) mass is 700 g/mol. The van der Waals surface area contributed by atoms with Gasteiger partial charge in [-0.25, -0.2) is 18.2 Å². The second-order valence-corrected chi connectivity index (χ2v) is 15.1. The Labute approximate surface area is 286 Å². The number of carbonyl (C=O) groups is 3. The SMILES string of the molecule is COc1ccc(S(=O)(=O)N(CC(C)C)C[C@@H](O)[C@H](Cc2ccccc2)NC(=O)C(CNC=O)N2CCN(Cc3csc(C)n3)C2=O)cc1. The van der Waals surface area contributed by atoms with E-state index in [-0.39, 0.29) is 49.4 Å². The lowest BCUT2D eigenvalue weighted by Crippen LogP contribution is -2.58. The number of nitrogens with one attached hydrogen (secondary N) is 2. The van der Waals surface area contributed by atoms with Crippen molar-refractivity contribution in [1.29, 1.82) is 0 Å². The Hall–Kier alpha value is -4.05. The van der Waals surface area contributed by atoms with Crippen LogP contribution in [-0.2, 0) is 32.6 Å². The third-order valence-corrected chi connectivity index (χ3v) is 10.6. The van der Waals surface area contributed by atoms with Crippen molar-refractivity contribution in [3.05, 3.63) is 76.2 Å². The summed E-state index contributed by atoms with van der Waals surface area (Å²) in [5, 5.41) is 19.9. The van der Waals surface area contributed by atoms with E-state index in [1.165, 1.54) is 39.8 Å². The maximum atomic E-state index is 14.0. The van der Waals surface area contributed by atoms with E-state index in [4.69, 9.17) is 4.74 Å². The number of urea groups is 1. The van der Waals surface area contributed by atoms with Crippen LogP contribution in [0.5, 0.6) is 5.75 Å². The highest BCUT2D eigenvalue weighted by molar-refractivity contribution is 7.89. The van der Waals surface area contributed by atoms with E-state index in [1.807, 2.05) is 56.5 Å². The minimum atomic E-state index is -4.04. The summed E-state index contributed by atoms with van der Waals surface area (Å²) in [6.07, 6.45) is -0.691. The van der Waals surface area contributed by atoms with Gasteiger partial charge in [-0.1, -0.05) is 44.2 Å². The molecule has 4 amide bonds. The zero-order valence-corrected chi connectivity index (χ0v) is 29.2. The average Bonchev–Trinajstić information content (AvgIpc) is 3.65. The number of aryl methyl sites for hydroxylation is 1. The highest BCUT2D eigenvalue weighted by Crippen LogP contribution is 2.22. The van der Waals surface area contributed by atoms with E-state index in [0.717, 1.165) is 16.3 Å². The van der Waals surface area contributed by atoms with Gasteiger partial charge in [-0.05, 0) is 49.1 Å². The molecule has 0 aliphatic carbocycles. The number of sulfonamides is 1. The molecule has 0 bridgehead atoms. The minimum Gasteiger partial charge on any atom is -0.497 e. The van der Waals surface area contributed by atoms with Crippen LogP contribution in [0.1, 0.15) is 30.1 Å². The molecule has 1 fully saturated rings. The first-order chi connectivity index (χ1) is 22.9. The molecule has 0 radical (unpaired) electrons. The van der Waals surface area contributed by atoms with Crippen LogP contribution < -0.4 is 15.4 Å². The van der Waals surface area contributed by atoms with Crippen molar-refractivity contribution in [2.45, 2.75) is 56.8 Å². The molecule has 3 N–H and O–H groups in total. The number of benzene rings is 2. The van der Waals surface area contributed by atoms with Crippen LogP contribution in [0.15, 0.2) is 64.9 Å². The smallest absolute Gasteiger partial charge is 0.321 e. The maximum absolute atomic E-state index is 14.0. The Kier molecular flexibility index (Phi) is 12.9. The van der Waals surface area contributed by atoms with Crippen molar-refractivity contribution < 1.29 is 32.6 Å². The highest BCUT2D eigenvalue weighted by atomic mass is 32.2. The molecule has 4 rings (SSSR count). The number of aliphatic hydroxyl groups is 1. The van der Waals surface area contributed by atoms with Gasteiger partial charge in [0.05, 0.1) is 41.4 Å². The van der Waals surface area contributed by atoms with Gasteiger partial charge in [0.15, 0.2) is 0 Å². The molecule has 0 saturated carbocycles. The molecule has 1 saturated heterocycles. The fourth-order valence-corrected chi connectivity index (χ4v) is 7.78. The Morgan fingerprint density at radius 3 is 2.44 bits per heavy atom. The predicted octanol–water partition coefficient (Wildman–Crippen LogP) is 2.25. The van der Waals surface area contributed by atoms with Crippen molar-refractivity contribution in [3.8, 4) is 5.75 Å². The zero-order valence-electron chi connectivity index (χ0n) is 27.6. The molecule has 1 aromatic heterocycles. The van der Waals surface area contributed by atoms with Gasteiger partial charge in [0.25, 0.3) is 0 Å². The van der Waals surface area contributed by atoms with E-state index in [2.05, 4.69) is 15.6 Å². The lowest BCUT2D eigenvalue weighted by atomic mass is 10.00. The van der Waals surface area contributed by atoms with Crippen molar-refractivity contribution in [2.75, 3.05) is 39.8 Å². The van der Waals surface area contributed by atoms with Crippen LogP contribution in [-0.4, -0.2) is 109 Å². The van der Waals surface area contributed by atoms with Crippen molar-refractivity contribution in [3.63, 3.8) is 0 Å². The van der Waals surface area contributed by atoms with Gasteiger partial charge in [-0.15, -0.1) is 11.3 Å². The summed E-state index contributed by atoms with van der Waals surface area (Å²) >= 11 is 1.49. The summed E-state index contributed by atoms with van der Waals surface area (Å²) in [7, 11) is -2.55. The van der Waals surface area contributed by atoms with Gasteiger partial charge in [-0.2, -0.15) is 4.31 Å². The lowest BCUT2D eigenvalue weighted by Gasteiger charge is -2.33. The van der Waals surface area contributed by atoms with Gasteiger partial charge in [0.1, 0.15) is 11.8 Å². The number of ether oxygens (including phenoxy) is 1. The number of hydrogen-bond donors (Lipinski definition) is 3. The number of amides is 4. The van der Waals surface area contributed by atoms with Crippen LogP contribution in [0, 0.1) is 12.8 Å². The Morgan fingerprint density at radius 2 is 1.83 bits per heavy atom. The summed E-state index contributed by atoms with van der Waals surface area (Å²) in [5.41, 5.74) is 1.56. The number of hydrogen-bond acceptors (Lipinski definition) is 9. The average molecular weight is 701 g/mol. The quantitative estimate of drug-likeness (QED) is 0.170. The molecule has 2 heterocycles. The number of aromatic nitrogens is 1. The standard InChI is InChI=1S/C33H44N6O7S2/c1-23(2)18-38(48(44,45)28-12-10-27(46-4)11-13-28)20-31(41)29(16-25-8-6-5-7-9-25)36-32(42)30(17-34-22-40)39-15-14-37(33(39)43)19-26-21-47-24(3)35-26/h5-13,21-23,29-31,41H,14-20H2,1-4H3,(H,34,40)(H,36,42)/t29-,30?,31+/m0/s1. The van der Waals surface area contributed by atoms with E-state index in [9.17, 15) is 27.9 Å². The fourth-order valence-electron chi connectivity index (χ4n) is 5.56. The molecule has 13 nitrogen and oxygen atoms in total. The van der Waals surface area contributed by atoms with E-state index in [0.29, 0.717) is 25.2 Å². The first kappa shape index (κ1) is 36.8. The van der Waals surface area contributed by atoms with Crippen molar-refractivity contribution >= 4 is 39.7 Å². The summed E-state index contributed by atoms with van der Waals surface area (Å²) in [4.78, 5) is 46.2. The third-order valence-electron chi connectivity index (χ3n) is 7.97. The Morgan fingerprint density at radius 1 is 1.12 bits per heavy atom. The normalized spacial score (nSPS) is 15.4. The maximum Gasteiger partial charge on any atom is 0.321 e. The van der Waals surface area contributed by atoms with E-state index >= 15 is 0 Å². The third kappa shape index (κ3) is 9.52. The number of carbonyl (C=O) groups excluding carboxylic acids is 3. The van der Waals surface area contributed by atoms with Crippen LogP contribution in [0.25, 0.3) is 0 Å². The van der Waals surface area contributed by atoms with Gasteiger partial charge in [-0.3, -0.25) is 9.59 Å². The Balaban J connectivity index is 1.57. The van der Waals surface area contributed by atoms with Gasteiger partial charge >= 0.3 is 6.03 Å². The van der Waals surface area contributed by atoms with Crippen LogP contribution in [0.2, 0.25) is 0 Å². The molecule has 2 aromatic carbocycles. The second kappa shape index (κ2) is 16.9. The van der Waals surface area contributed by atoms with Gasteiger partial charge < -0.3 is 30.3 Å². The largest absolute Gasteiger partial charge is 0.497 e. The Bertz CT molecular complexity index is 1620. The number of thiazole rings is 1. The van der Waals surface area contributed by atoms with E-state index < -0.39 is 34.1 Å². The first-order valence-electron chi connectivity index (χ1n) is 15.7. The number of methoxy groups -OCH3 is 1. The predicted molar refractivity (Wildman–Crippen MR) is 182 cm³/mol. The fraction of sp³-hybridized carbons (Fsp3) is 0.455. The molecule has 1 aliphatic rings. The summed E-state index contributed by atoms with van der Waals surface area (Å²) in [6, 6.07) is 12.8. The molecular formula is C33H44N6O7S2. The van der Waals surface area contributed by atoms with Gasteiger partial charge in [0, 0.05) is 38.1 Å². The number of aliphatic hydroxyl groups excluding tert-OH is 1. The lowest BCUT2D eigenvalue weighted by molar-refractivity contribution is -0.127. The van der Waals surface area contributed by atoms with Crippen molar-refractivity contribution in [2.24, 2.45) is 5.92 Å². The molecule has 3 aromatic rings. The van der Waals surface area contributed by atoms with E-state index in [1.54, 1.807) is 17.0 Å². The number of rotatable bonds is 18. The molecule has 48 heavy (non-hydrogen) atoms. The molecule has 1 unspecified atom stereocenters. The molecule has 260 valence electrons. The van der Waals surface area contributed by atoms with Crippen LogP contribution >= 0.6 is 11.3 Å². The summed E-state index contributed by atoms with van der Waals surface area (Å²) < 4.78 is 34.0. The summed E-state index contributed by atoms with van der Waals surface area (Å²) in [5.74, 6) is -0.146. The molecule has 0 spiro atoms. The minimum absolute atomic E-state index is 0.0460. The van der Waals surface area contributed by atoms with Crippen LogP contribution in [0.4, 0.5) is 4.79 Å². The number of nitrogens with zero attached hydrogens (tertiary/aromatic N) is 4. The molecular weight excluding hydrogens is 657 g/mol. The highest BCUT2D eigenvalue weighted by Gasteiger charge is 2.39. The molecule has 15 heteroatoms. The second-order valence-electron chi connectivity index (χ2n) is 12.1. The van der Waals surface area contributed by atoms with Gasteiger partial charge in [0.2, 0.25) is 22.3 Å². The molecule has 1 aliphatic heterocycles. The summed E-state index contributed by atoms with van der Waals surface area (Å²) in [6.45, 7) is 6.21. The van der Waals surface area contributed by atoms with Crippen LogP contribution in [0.3, 0.4) is 0 Å².